The van der Waals surface area contributed by atoms with Gasteiger partial charge in [0.25, 0.3) is 0 Å². The number of carbonyl (C=O) groups is 2. The van der Waals surface area contributed by atoms with Crippen LogP contribution in [-0.2, 0) is 28.2 Å². The van der Waals surface area contributed by atoms with Crippen molar-refractivity contribution in [2.24, 2.45) is 0 Å². The monoisotopic (exact) mass is 646 g/mol. The van der Waals surface area contributed by atoms with Crippen molar-refractivity contribution in [2.45, 2.75) is 187 Å². The number of rotatable bonds is 33. The fraction of sp³-hybridized carbons (Fsp3) is 0.886. The Hall–Kier alpha value is -1.21. The number of unbranched alkanes of at least 4 members (excludes halogenated alkanes) is 21. The summed E-state index contributed by atoms with van der Waals surface area (Å²) in [5, 5.41) is 0. The van der Waals surface area contributed by atoms with E-state index in [4.69, 9.17) is 19.3 Å². The molecule has 0 fully saturated rings. The van der Waals surface area contributed by atoms with Crippen molar-refractivity contribution in [3.8, 4) is 0 Å². The molecule has 1 atom stereocenters. The minimum absolute atomic E-state index is 0.205. The predicted octanol–water partition coefficient (Wildman–Crippen LogP) is 10.3. The van der Waals surface area contributed by atoms with E-state index in [0.29, 0.717) is 6.42 Å². The van der Waals surface area contributed by atoms with Crippen LogP contribution in [0, 0.1) is 0 Å². The second-order valence-corrected chi connectivity index (χ2v) is 13.4. The normalized spacial score (nSPS) is 12.5. The van der Waals surface area contributed by atoms with Gasteiger partial charge < -0.3 is 19.3 Å². The molecule has 0 saturated heterocycles. The molecule has 0 heterocycles. The van der Waals surface area contributed by atoms with Gasteiger partial charge in [0.15, 0.2) is 6.10 Å². The van der Waals surface area contributed by atoms with Crippen molar-refractivity contribution in [3.05, 3.63) is 12.2 Å². The Morgan fingerprint density at radius 1 is 0.568 bits per heavy atom. The molecule has 0 amide bonds. The quantitative estimate of drug-likeness (QED) is 0.0313. The van der Waals surface area contributed by atoms with Crippen LogP contribution in [0.15, 0.2) is 12.2 Å². The van der Waals surface area contributed by atoms with Gasteiger partial charge in [-0.15, -0.1) is 0 Å². The van der Waals surface area contributed by atoms with Gasteiger partial charge in [-0.25, -0.2) is 4.57 Å². The highest BCUT2D eigenvalue weighted by Crippen LogP contribution is 2.36. The van der Waals surface area contributed by atoms with Crippen molar-refractivity contribution in [2.75, 3.05) is 13.2 Å². The van der Waals surface area contributed by atoms with Crippen LogP contribution in [0.1, 0.15) is 181 Å². The second kappa shape index (κ2) is 31.8. The molecule has 0 aliphatic rings. The summed E-state index contributed by atoms with van der Waals surface area (Å²) in [7, 11) is -4.74. The lowest BCUT2D eigenvalue weighted by Crippen LogP contribution is -2.29. The van der Waals surface area contributed by atoms with E-state index >= 15 is 0 Å². The maximum Gasteiger partial charge on any atom is 0.469 e. The van der Waals surface area contributed by atoms with Gasteiger partial charge in [0, 0.05) is 12.8 Å². The molecule has 0 unspecified atom stereocenters. The van der Waals surface area contributed by atoms with Crippen LogP contribution in [0.25, 0.3) is 0 Å². The lowest BCUT2D eigenvalue weighted by atomic mass is 10.0. The van der Waals surface area contributed by atoms with Gasteiger partial charge >= 0.3 is 19.8 Å². The van der Waals surface area contributed by atoms with Crippen LogP contribution in [-0.4, -0.2) is 41.0 Å². The summed E-state index contributed by atoms with van der Waals surface area (Å²) in [6, 6.07) is 0. The number of hydrogen-bond acceptors (Lipinski definition) is 6. The summed E-state index contributed by atoms with van der Waals surface area (Å²) in [5.41, 5.74) is 0. The van der Waals surface area contributed by atoms with Gasteiger partial charge in [-0.1, -0.05) is 142 Å². The molecule has 0 radical (unpaired) electrons. The highest BCUT2D eigenvalue weighted by atomic mass is 31.2. The van der Waals surface area contributed by atoms with Crippen LogP contribution in [0.2, 0.25) is 0 Å². The lowest BCUT2D eigenvalue weighted by Gasteiger charge is -2.18. The molecule has 44 heavy (non-hydrogen) atoms. The number of esters is 2. The summed E-state index contributed by atoms with van der Waals surface area (Å²) in [5.74, 6) is -0.889. The van der Waals surface area contributed by atoms with E-state index in [0.717, 1.165) is 51.4 Å². The molecule has 0 aliphatic heterocycles. The maximum atomic E-state index is 12.3. The number of ether oxygens (including phenoxy) is 2. The zero-order chi connectivity index (χ0) is 32.6. The molecule has 0 saturated carbocycles. The molecule has 2 N–H and O–H groups in total. The summed E-state index contributed by atoms with van der Waals surface area (Å²) < 4.78 is 26.2. The van der Waals surface area contributed by atoms with Crippen LogP contribution in [0.3, 0.4) is 0 Å². The van der Waals surface area contributed by atoms with Gasteiger partial charge in [-0.3, -0.25) is 14.1 Å². The standard InChI is InChI=1S/C35H67O8P/c1-3-5-7-9-11-13-15-17-19-21-23-25-27-29-34(36)41-31-33(32-42-44(38,39)40)43-35(37)30-28-26-24-22-20-18-16-14-12-10-8-6-4-2/h14,16,33H,3-13,15,17-32H2,1-2H3,(H2,38,39,40)/b16-14-/t33-/m0/s1. The molecule has 0 spiro atoms. The van der Waals surface area contributed by atoms with Gasteiger partial charge in [0.2, 0.25) is 0 Å². The van der Waals surface area contributed by atoms with Crippen LogP contribution in [0.5, 0.6) is 0 Å². The Labute approximate surface area is 269 Å². The van der Waals surface area contributed by atoms with E-state index in [2.05, 4.69) is 30.5 Å². The van der Waals surface area contributed by atoms with Gasteiger partial charge in [0.1, 0.15) is 6.61 Å². The Balaban J connectivity index is 3.98. The number of hydrogen-bond donors (Lipinski definition) is 2. The topological polar surface area (TPSA) is 119 Å². The van der Waals surface area contributed by atoms with Crippen molar-refractivity contribution in [1.29, 1.82) is 0 Å². The minimum atomic E-state index is -4.74. The van der Waals surface area contributed by atoms with Gasteiger partial charge in [0.05, 0.1) is 6.61 Å². The summed E-state index contributed by atoms with van der Waals surface area (Å²) in [6.45, 7) is 3.65. The fourth-order valence-electron chi connectivity index (χ4n) is 5.07. The van der Waals surface area contributed by atoms with E-state index in [1.807, 2.05) is 0 Å². The number of allylic oxidation sites excluding steroid dienone is 2. The first-order valence-corrected chi connectivity index (χ1v) is 19.5. The smallest absolute Gasteiger partial charge is 0.462 e. The zero-order valence-electron chi connectivity index (χ0n) is 28.3. The largest absolute Gasteiger partial charge is 0.469 e. The first-order chi connectivity index (χ1) is 21.3. The number of carbonyl (C=O) groups excluding carboxylic acids is 2. The predicted molar refractivity (Wildman–Crippen MR) is 179 cm³/mol. The molecule has 260 valence electrons. The van der Waals surface area contributed by atoms with Gasteiger partial charge in [-0.2, -0.15) is 0 Å². The average molecular weight is 647 g/mol. The maximum absolute atomic E-state index is 12.3. The fourth-order valence-corrected chi connectivity index (χ4v) is 5.43. The Morgan fingerprint density at radius 2 is 0.955 bits per heavy atom. The summed E-state index contributed by atoms with van der Waals surface area (Å²) >= 11 is 0. The van der Waals surface area contributed by atoms with Gasteiger partial charge in [-0.05, 0) is 38.5 Å². The highest BCUT2D eigenvalue weighted by Gasteiger charge is 2.22. The molecule has 0 aromatic heterocycles. The van der Waals surface area contributed by atoms with E-state index in [9.17, 15) is 14.2 Å². The van der Waals surface area contributed by atoms with Crippen molar-refractivity contribution in [1.82, 2.24) is 0 Å². The molecule has 0 bridgehead atoms. The molecule has 9 heteroatoms. The van der Waals surface area contributed by atoms with Crippen molar-refractivity contribution < 1.29 is 37.9 Å². The lowest BCUT2D eigenvalue weighted by molar-refractivity contribution is -0.161. The third-order valence-corrected chi connectivity index (χ3v) is 8.27. The van der Waals surface area contributed by atoms with Crippen LogP contribution < -0.4 is 0 Å². The van der Waals surface area contributed by atoms with E-state index in [1.54, 1.807) is 0 Å². The summed E-state index contributed by atoms with van der Waals surface area (Å²) in [6.07, 6.45) is 32.1. The zero-order valence-corrected chi connectivity index (χ0v) is 29.2. The van der Waals surface area contributed by atoms with E-state index in [1.165, 1.54) is 96.3 Å². The highest BCUT2D eigenvalue weighted by molar-refractivity contribution is 7.46. The number of phosphoric ester groups is 1. The van der Waals surface area contributed by atoms with E-state index < -0.39 is 32.5 Å². The summed E-state index contributed by atoms with van der Waals surface area (Å²) in [4.78, 5) is 42.6. The SMILES string of the molecule is CCCCCC/C=C\CCCCCCCC(=O)O[C@@H](COC(=O)CCCCCCCCCCCCCCC)COP(=O)(O)O. The van der Waals surface area contributed by atoms with Crippen molar-refractivity contribution in [3.63, 3.8) is 0 Å². The number of phosphoric acid groups is 1. The van der Waals surface area contributed by atoms with Crippen LogP contribution >= 0.6 is 7.82 Å². The minimum Gasteiger partial charge on any atom is -0.462 e. The molecule has 0 aliphatic carbocycles. The first-order valence-electron chi connectivity index (χ1n) is 18.0. The van der Waals surface area contributed by atoms with Crippen molar-refractivity contribution >= 4 is 19.8 Å². The molecular formula is C35H67O8P. The molecule has 0 aromatic carbocycles. The Kier molecular flexibility index (Phi) is 30.9. The first kappa shape index (κ1) is 42.8. The average Bonchev–Trinajstić information content (AvgIpc) is 2.98. The Morgan fingerprint density at radius 3 is 1.41 bits per heavy atom. The van der Waals surface area contributed by atoms with E-state index in [-0.39, 0.29) is 19.4 Å². The molecule has 0 rings (SSSR count). The molecule has 0 aromatic rings. The molecular weight excluding hydrogens is 579 g/mol. The molecule has 8 nitrogen and oxygen atoms in total. The Bertz CT molecular complexity index is 736. The second-order valence-electron chi connectivity index (χ2n) is 12.2. The third kappa shape index (κ3) is 33.7. The van der Waals surface area contributed by atoms with Crippen LogP contribution in [0.4, 0.5) is 0 Å². The third-order valence-electron chi connectivity index (χ3n) is 7.78.